The van der Waals surface area contributed by atoms with Gasteiger partial charge in [-0.25, -0.2) is 0 Å². The van der Waals surface area contributed by atoms with Crippen LogP contribution in [0, 0.1) is 20.8 Å². The molecule has 2 rings (SSSR count). The molecule has 2 aromatic carbocycles. The van der Waals surface area contributed by atoms with Crippen molar-refractivity contribution in [2.24, 2.45) is 5.73 Å². The van der Waals surface area contributed by atoms with Gasteiger partial charge in [0.05, 0.1) is 0 Å². The number of hydrogen-bond acceptors (Lipinski definition) is 1. The van der Waals surface area contributed by atoms with E-state index in [4.69, 9.17) is 5.73 Å². The summed E-state index contributed by atoms with van der Waals surface area (Å²) >= 11 is 0. The molecule has 1 atom stereocenters. The number of nitrogens with two attached hydrogens (primary N) is 1. The van der Waals surface area contributed by atoms with E-state index in [1.54, 1.807) is 0 Å². The van der Waals surface area contributed by atoms with E-state index >= 15 is 0 Å². The Morgan fingerprint density at radius 2 is 1.72 bits per heavy atom. The zero-order chi connectivity index (χ0) is 13.1. The maximum Gasteiger partial charge on any atom is 0.0338 e. The molecule has 0 amide bonds. The van der Waals surface area contributed by atoms with Crippen LogP contribution in [0.3, 0.4) is 0 Å². The molecule has 0 saturated heterocycles. The first-order valence-corrected chi connectivity index (χ1v) is 6.45. The van der Waals surface area contributed by atoms with Crippen LogP contribution in [-0.2, 0) is 6.42 Å². The fraction of sp³-hybridized carbons (Fsp3) is 0.294. The predicted octanol–water partition coefficient (Wildman–Crippen LogP) is 3.85. The summed E-state index contributed by atoms with van der Waals surface area (Å²) in [6.45, 7) is 6.41. The van der Waals surface area contributed by atoms with Gasteiger partial charge < -0.3 is 5.73 Å². The van der Waals surface area contributed by atoms with Crippen molar-refractivity contribution in [1.29, 1.82) is 0 Å². The first-order chi connectivity index (χ1) is 8.58. The highest BCUT2D eigenvalue weighted by Gasteiger charge is 2.10. The van der Waals surface area contributed by atoms with Crippen LogP contribution in [0.1, 0.15) is 33.9 Å². The lowest BCUT2D eigenvalue weighted by Gasteiger charge is -2.16. The van der Waals surface area contributed by atoms with Gasteiger partial charge in [0.2, 0.25) is 0 Å². The summed E-state index contributed by atoms with van der Waals surface area (Å²) in [7, 11) is 0. The number of hydrogen-bond donors (Lipinski definition) is 1. The average Bonchev–Trinajstić information content (AvgIpc) is 2.32. The van der Waals surface area contributed by atoms with Gasteiger partial charge in [0, 0.05) is 6.04 Å². The third-order valence-corrected chi connectivity index (χ3v) is 3.58. The van der Waals surface area contributed by atoms with Crippen molar-refractivity contribution in [2.75, 3.05) is 0 Å². The van der Waals surface area contributed by atoms with Gasteiger partial charge >= 0.3 is 0 Å². The van der Waals surface area contributed by atoms with Gasteiger partial charge in [0.1, 0.15) is 0 Å². The Kier molecular flexibility index (Phi) is 3.83. The molecule has 18 heavy (non-hydrogen) atoms. The molecule has 0 aliphatic carbocycles. The summed E-state index contributed by atoms with van der Waals surface area (Å²) in [5.41, 5.74) is 12.8. The third-order valence-electron chi connectivity index (χ3n) is 3.58. The molecule has 0 radical (unpaired) electrons. The number of aryl methyl sites for hydroxylation is 2. The van der Waals surface area contributed by atoms with E-state index in [-0.39, 0.29) is 6.04 Å². The topological polar surface area (TPSA) is 26.0 Å². The maximum absolute atomic E-state index is 6.35. The number of benzene rings is 2. The Morgan fingerprint density at radius 3 is 2.44 bits per heavy atom. The van der Waals surface area contributed by atoms with E-state index in [2.05, 4.69) is 63.2 Å². The van der Waals surface area contributed by atoms with Crippen molar-refractivity contribution in [2.45, 2.75) is 33.2 Å². The van der Waals surface area contributed by atoms with Crippen LogP contribution >= 0.6 is 0 Å². The smallest absolute Gasteiger partial charge is 0.0338 e. The molecular formula is C17H21N. The molecule has 0 aliphatic heterocycles. The monoisotopic (exact) mass is 239 g/mol. The average molecular weight is 239 g/mol. The van der Waals surface area contributed by atoms with Crippen molar-refractivity contribution in [1.82, 2.24) is 0 Å². The van der Waals surface area contributed by atoms with Crippen LogP contribution in [0.2, 0.25) is 0 Å². The van der Waals surface area contributed by atoms with Gasteiger partial charge in [0.15, 0.2) is 0 Å². The standard InChI is InChI=1S/C17H21N/c1-12-6-4-8-15(10-12)11-17(18)16-9-5-7-13(2)14(16)3/h4-10,17H,11,18H2,1-3H3. The van der Waals surface area contributed by atoms with Crippen molar-refractivity contribution < 1.29 is 0 Å². The Balaban J connectivity index is 2.22. The molecule has 0 aliphatic rings. The highest BCUT2D eigenvalue weighted by Crippen LogP contribution is 2.22. The van der Waals surface area contributed by atoms with Gasteiger partial charge in [-0.2, -0.15) is 0 Å². The first kappa shape index (κ1) is 12.8. The van der Waals surface area contributed by atoms with Crippen molar-refractivity contribution in [3.05, 3.63) is 70.3 Å². The quantitative estimate of drug-likeness (QED) is 0.865. The van der Waals surface area contributed by atoms with Crippen molar-refractivity contribution in [3.8, 4) is 0 Å². The van der Waals surface area contributed by atoms with Gasteiger partial charge in [0.25, 0.3) is 0 Å². The second-order valence-electron chi connectivity index (χ2n) is 5.09. The van der Waals surface area contributed by atoms with Crippen LogP contribution in [-0.4, -0.2) is 0 Å². The van der Waals surface area contributed by atoms with Crippen LogP contribution in [0.15, 0.2) is 42.5 Å². The van der Waals surface area contributed by atoms with Crippen LogP contribution in [0.4, 0.5) is 0 Å². The highest BCUT2D eigenvalue weighted by atomic mass is 14.6. The summed E-state index contributed by atoms with van der Waals surface area (Å²) in [5.74, 6) is 0. The zero-order valence-corrected chi connectivity index (χ0v) is 11.4. The predicted molar refractivity (Wildman–Crippen MR) is 77.7 cm³/mol. The SMILES string of the molecule is Cc1cccc(CC(N)c2cccc(C)c2C)c1. The van der Waals surface area contributed by atoms with E-state index in [0.717, 1.165) is 6.42 Å². The van der Waals surface area contributed by atoms with Gasteiger partial charge in [-0.1, -0.05) is 48.0 Å². The minimum absolute atomic E-state index is 0.0756. The molecule has 94 valence electrons. The highest BCUT2D eigenvalue weighted by molar-refractivity contribution is 5.36. The number of rotatable bonds is 3. The summed E-state index contributed by atoms with van der Waals surface area (Å²) in [6, 6.07) is 15.0. The summed E-state index contributed by atoms with van der Waals surface area (Å²) in [6.07, 6.45) is 0.895. The van der Waals surface area contributed by atoms with Crippen molar-refractivity contribution in [3.63, 3.8) is 0 Å². The van der Waals surface area contributed by atoms with Gasteiger partial charge in [-0.3, -0.25) is 0 Å². The molecule has 1 nitrogen and oxygen atoms in total. The van der Waals surface area contributed by atoms with E-state index in [1.165, 1.54) is 27.8 Å². The molecule has 0 saturated carbocycles. The van der Waals surface area contributed by atoms with Gasteiger partial charge in [-0.15, -0.1) is 0 Å². The van der Waals surface area contributed by atoms with E-state index in [9.17, 15) is 0 Å². The second-order valence-corrected chi connectivity index (χ2v) is 5.09. The van der Waals surface area contributed by atoms with Gasteiger partial charge in [-0.05, 0) is 49.4 Å². The van der Waals surface area contributed by atoms with E-state index in [0.29, 0.717) is 0 Å². The molecule has 0 spiro atoms. The Morgan fingerprint density at radius 1 is 1.00 bits per heavy atom. The molecule has 0 heterocycles. The lowest BCUT2D eigenvalue weighted by molar-refractivity contribution is 0.715. The first-order valence-electron chi connectivity index (χ1n) is 6.45. The molecule has 0 bridgehead atoms. The molecule has 0 aromatic heterocycles. The molecular weight excluding hydrogens is 218 g/mol. The fourth-order valence-corrected chi connectivity index (χ4v) is 2.38. The summed E-state index contributed by atoms with van der Waals surface area (Å²) in [4.78, 5) is 0. The van der Waals surface area contributed by atoms with Crippen LogP contribution in [0.5, 0.6) is 0 Å². The lowest BCUT2D eigenvalue weighted by Crippen LogP contribution is -2.15. The Hall–Kier alpha value is -1.60. The van der Waals surface area contributed by atoms with E-state index in [1.807, 2.05) is 0 Å². The van der Waals surface area contributed by atoms with Crippen LogP contribution in [0.25, 0.3) is 0 Å². The Bertz CT molecular complexity index is 543. The molecule has 2 aromatic rings. The molecule has 1 heteroatoms. The summed E-state index contributed by atoms with van der Waals surface area (Å²) < 4.78 is 0. The normalized spacial score (nSPS) is 12.4. The van der Waals surface area contributed by atoms with Crippen LogP contribution < -0.4 is 5.73 Å². The zero-order valence-electron chi connectivity index (χ0n) is 11.4. The fourth-order valence-electron chi connectivity index (χ4n) is 2.38. The minimum Gasteiger partial charge on any atom is -0.324 e. The maximum atomic E-state index is 6.35. The third kappa shape index (κ3) is 2.80. The molecule has 2 N–H and O–H groups in total. The largest absolute Gasteiger partial charge is 0.324 e. The minimum atomic E-state index is 0.0756. The molecule has 1 unspecified atom stereocenters. The van der Waals surface area contributed by atoms with Crippen molar-refractivity contribution >= 4 is 0 Å². The summed E-state index contributed by atoms with van der Waals surface area (Å²) in [5, 5.41) is 0. The lowest BCUT2D eigenvalue weighted by atomic mass is 9.93. The Labute approximate surface area is 110 Å². The second kappa shape index (κ2) is 5.36. The van der Waals surface area contributed by atoms with E-state index < -0.39 is 0 Å². The molecule has 0 fully saturated rings.